The zero-order chi connectivity index (χ0) is 17.2. The second-order valence-corrected chi connectivity index (χ2v) is 7.16. The number of H-pyrrole nitrogens is 1. The van der Waals surface area contributed by atoms with Crippen LogP contribution in [-0.4, -0.2) is 21.3 Å². The first-order valence-corrected chi connectivity index (χ1v) is 7.84. The van der Waals surface area contributed by atoms with Crippen LogP contribution in [-0.2, 0) is 16.6 Å². The summed E-state index contributed by atoms with van der Waals surface area (Å²) < 4.78 is 0. The predicted molar refractivity (Wildman–Crippen MR) is 92.4 cm³/mol. The molecule has 0 saturated heterocycles. The molecular formula is C18H25N3O2. The number of carboxylic acids is 1. The first kappa shape index (κ1) is 17.1. The Labute approximate surface area is 137 Å². The van der Waals surface area contributed by atoms with Crippen LogP contribution >= 0.6 is 0 Å². The molecule has 0 atom stereocenters. The number of benzene rings is 1. The Hall–Kier alpha value is -2.30. The van der Waals surface area contributed by atoms with Crippen LogP contribution < -0.4 is 5.32 Å². The van der Waals surface area contributed by atoms with Crippen molar-refractivity contribution in [1.82, 2.24) is 10.2 Å². The largest absolute Gasteiger partial charge is 0.481 e. The van der Waals surface area contributed by atoms with Crippen LogP contribution in [0.5, 0.6) is 0 Å². The smallest absolute Gasteiger partial charge is 0.307 e. The molecule has 5 nitrogen and oxygen atoms in total. The van der Waals surface area contributed by atoms with E-state index in [2.05, 4.69) is 50.1 Å². The number of aliphatic carboxylic acids is 1. The Balaban J connectivity index is 2.59. The summed E-state index contributed by atoms with van der Waals surface area (Å²) in [6.07, 6.45) is 1.74. The van der Waals surface area contributed by atoms with Gasteiger partial charge in [-0.2, -0.15) is 5.10 Å². The van der Waals surface area contributed by atoms with Crippen molar-refractivity contribution < 1.29 is 9.90 Å². The molecule has 0 spiro atoms. The summed E-state index contributed by atoms with van der Waals surface area (Å²) in [6.45, 7) is 10.5. The summed E-state index contributed by atoms with van der Waals surface area (Å²) >= 11 is 0. The maximum atomic E-state index is 11.3. The van der Waals surface area contributed by atoms with E-state index in [1.165, 1.54) is 0 Å². The van der Waals surface area contributed by atoms with Gasteiger partial charge in [0, 0.05) is 11.8 Å². The maximum Gasteiger partial charge on any atom is 0.307 e. The highest BCUT2D eigenvalue weighted by atomic mass is 16.4. The van der Waals surface area contributed by atoms with Gasteiger partial charge in [0.2, 0.25) is 0 Å². The van der Waals surface area contributed by atoms with Crippen molar-refractivity contribution in [3.05, 3.63) is 41.1 Å². The van der Waals surface area contributed by atoms with Crippen molar-refractivity contribution in [3.63, 3.8) is 0 Å². The normalized spacial score (nSPS) is 11.7. The average molecular weight is 315 g/mol. The summed E-state index contributed by atoms with van der Waals surface area (Å²) in [6, 6.07) is 5.95. The first-order valence-electron chi connectivity index (χ1n) is 7.84. The van der Waals surface area contributed by atoms with Crippen LogP contribution in [0.1, 0.15) is 57.2 Å². The quantitative estimate of drug-likeness (QED) is 0.772. The van der Waals surface area contributed by atoms with Gasteiger partial charge in [-0.15, -0.1) is 0 Å². The van der Waals surface area contributed by atoms with Gasteiger partial charge in [0.1, 0.15) is 5.82 Å². The number of nitrogens with zero attached hydrogens (tertiary/aromatic N) is 1. The molecule has 2 rings (SSSR count). The molecule has 0 aliphatic heterocycles. The van der Waals surface area contributed by atoms with Gasteiger partial charge in [0.25, 0.3) is 0 Å². The van der Waals surface area contributed by atoms with Crippen molar-refractivity contribution in [2.75, 3.05) is 5.32 Å². The highest BCUT2D eigenvalue weighted by Gasteiger charge is 2.24. The molecule has 1 aromatic heterocycles. The third-order valence-corrected chi connectivity index (χ3v) is 3.82. The average Bonchev–Trinajstić information content (AvgIpc) is 2.90. The van der Waals surface area contributed by atoms with Crippen LogP contribution in [0.2, 0.25) is 0 Å². The number of aromatic amines is 1. The van der Waals surface area contributed by atoms with E-state index < -0.39 is 5.97 Å². The molecule has 0 saturated carbocycles. The lowest BCUT2D eigenvalue weighted by Crippen LogP contribution is -2.19. The lowest BCUT2D eigenvalue weighted by Gasteiger charge is -2.27. The van der Waals surface area contributed by atoms with Crippen molar-refractivity contribution in [1.29, 1.82) is 0 Å². The van der Waals surface area contributed by atoms with Crippen molar-refractivity contribution in [2.24, 2.45) is 0 Å². The number of carboxylic acid groups (broad SMARTS) is 1. The van der Waals surface area contributed by atoms with E-state index in [1.54, 1.807) is 6.20 Å². The third kappa shape index (κ3) is 4.12. The van der Waals surface area contributed by atoms with Crippen molar-refractivity contribution >= 4 is 17.5 Å². The zero-order valence-corrected chi connectivity index (χ0v) is 14.4. The van der Waals surface area contributed by atoms with Crippen LogP contribution in [0, 0.1) is 0 Å². The molecule has 1 heterocycles. The summed E-state index contributed by atoms with van der Waals surface area (Å²) in [5.74, 6) is 0.256. The molecule has 5 heteroatoms. The number of carbonyl (C=O) groups is 1. The molecule has 3 N–H and O–H groups in total. The summed E-state index contributed by atoms with van der Waals surface area (Å²) in [7, 11) is 0. The molecule has 0 fully saturated rings. The fraction of sp³-hybridized carbons (Fsp3) is 0.444. The highest BCUT2D eigenvalue weighted by Crippen LogP contribution is 2.35. The fourth-order valence-corrected chi connectivity index (χ4v) is 2.78. The number of anilines is 2. The third-order valence-electron chi connectivity index (χ3n) is 3.82. The van der Waals surface area contributed by atoms with Crippen LogP contribution in [0.15, 0.2) is 24.4 Å². The van der Waals surface area contributed by atoms with E-state index in [-0.39, 0.29) is 17.8 Å². The topological polar surface area (TPSA) is 78.0 Å². The van der Waals surface area contributed by atoms with Gasteiger partial charge < -0.3 is 10.4 Å². The van der Waals surface area contributed by atoms with E-state index in [1.807, 2.05) is 18.2 Å². The van der Waals surface area contributed by atoms with Gasteiger partial charge in [-0.25, -0.2) is 0 Å². The molecule has 0 amide bonds. The van der Waals surface area contributed by atoms with E-state index >= 15 is 0 Å². The van der Waals surface area contributed by atoms with E-state index in [0.29, 0.717) is 0 Å². The first-order chi connectivity index (χ1) is 10.7. The van der Waals surface area contributed by atoms with Crippen molar-refractivity contribution in [2.45, 2.75) is 52.4 Å². The van der Waals surface area contributed by atoms with Gasteiger partial charge in [-0.05, 0) is 40.2 Å². The molecule has 1 aromatic carbocycles. The number of nitrogens with one attached hydrogen (secondary N) is 2. The zero-order valence-electron chi connectivity index (χ0n) is 14.4. The molecule has 0 bridgehead atoms. The molecule has 23 heavy (non-hydrogen) atoms. The van der Waals surface area contributed by atoms with Crippen LogP contribution in [0.4, 0.5) is 11.5 Å². The minimum atomic E-state index is -0.799. The second-order valence-electron chi connectivity index (χ2n) is 7.16. The van der Waals surface area contributed by atoms with Crippen LogP contribution in [0.3, 0.4) is 0 Å². The van der Waals surface area contributed by atoms with E-state index in [9.17, 15) is 9.90 Å². The Bertz CT molecular complexity index is 683. The van der Waals surface area contributed by atoms with Crippen LogP contribution in [0.25, 0.3) is 0 Å². The Morgan fingerprint density at radius 2 is 2.04 bits per heavy atom. The molecule has 0 radical (unpaired) electrons. The molecule has 0 aliphatic carbocycles. The van der Waals surface area contributed by atoms with Gasteiger partial charge in [0.05, 0.1) is 12.6 Å². The summed E-state index contributed by atoms with van der Waals surface area (Å²) in [5.41, 5.74) is 3.86. The van der Waals surface area contributed by atoms with Gasteiger partial charge >= 0.3 is 5.97 Å². The number of aromatic nitrogens is 2. The van der Waals surface area contributed by atoms with Gasteiger partial charge in [0.15, 0.2) is 0 Å². The molecule has 124 valence electrons. The second kappa shape index (κ2) is 6.44. The van der Waals surface area contributed by atoms with Gasteiger partial charge in [-0.1, -0.05) is 34.6 Å². The predicted octanol–water partition coefficient (Wildman–Crippen LogP) is 4.20. The van der Waals surface area contributed by atoms with Crippen molar-refractivity contribution in [3.8, 4) is 0 Å². The maximum absolute atomic E-state index is 11.3. The fourth-order valence-electron chi connectivity index (χ4n) is 2.78. The molecule has 2 aromatic rings. The number of rotatable bonds is 5. The Morgan fingerprint density at radius 1 is 1.35 bits per heavy atom. The molecule has 0 aliphatic rings. The number of hydrogen-bond acceptors (Lipinski definition) is 3. The standard InChI is InChI=1S/C18H25N3O2/c1-11(2)13-8-12(20-16-6-7-19-21-16)9-15(18(3,4)5)14(13)10-17(22)23/h6-9,11H,10H2,1-5H3,(H,22,23)(H2,19,20,21). The van der Waals surface area contributed by atoms with E-state index in [4.69, 9.17) is 0 Å². The highest BCUT2D eigenvalue weighted by molar-refractivity contribution is 5.73. The van der Waals surface area contributed by atoms with E-state index in [0.717, 1.165) is 28.2 Å². The molecular weight excluding hydrogens is 290 g/mol. The minimum Gasteiger partial charge on any atom is -0.481 e. The number of hydrogen-bond donors (Lipinski definition) is 3. The summed E-state index contributed by atoms with van der Waals surface area (Å²) in [5, 5.41) is 19.4. The lowest BCUT2D eigenvalue weighted by molar-refractivity contribution is -0.136. The Morgan fingerprint density at radius 3 is 2.52 bits per heavy atom. The minimum absolute atomic E-state index is 0.0461. The Kier molecular flexibility index (Phi) is 4.78. The monoisotopic (exact) mass is 315 g/mol. The van der Waals surface area contributed by atoms with Gasteiger partial charge in [-0.3, -0.25) is 9.89 Å². The lowest BCUT2D eigenvalue weighted by atomic mass is 9.79. The molecule has 0 unspecified atom stereocenters. The summed E-state index contributed by atoms with van der Waals surface area (Å²) in [4.78, 5) is 11.3. The SMILES string of the molecule is CC(C)c1cc(Nc2ccn[nH]2)cc(C(C)(C)C)c1CC(=O)O.